The maximum Gasteiger partial charge on any atom is 0.229 e. The largest absolute Gasteiger partial charge is 0.495 e. The molecule has 1 amide bonds. The Morgan fingerprint density at radius 3 is 2.74 bits per heavy atom. The Kier molecular flexibility index (Phi) is 4.26. The zero-order valence-electron chi connectivity index (χ0n) is 17.1. The van der Waals surface area contributed by atoms with Crippen LogP contribution in [0.5, 0.6) is 5.75 Å². The molecule has 5 rings (SSSR count). The number of primary amides is 1. The highest BCUT2D eigenvalue weighted by Crippen LogP contribution is 2.47. The molecule has 3 N–H and O–H groups in total. The molecule has 1 fully saturated rings. The van der Waals surface area contributed by atoms with E-state index in [1.54, 1.807) is 37.3 Å². The lowest BCUT2D eigenvalue weighted by atomic mass is 9.98. The third kappa shape index (κ3) is 3.11. The fraction of sp³-hybridized carbons (Fsp3) is 0.217. The van der Waals surface area contributed by atoms with Crippen LogP contribution in [0, 0.1) is 11.8 Å². The van der Waals surface area contributed by atoms with Gasteiger partial charge in [0.25, 0.3) is 0 Å². The van der Waals surface area contributed by atoms with Crippen LogP contribution in [0.1, 0.15) is 29.8 Å². The van der Waals surface area contributed by atoms with Crippen LogP contribution >= 0.6 is 0 Å². The number of ether oxygens (including phenoxy) is 1. The van der Waals surface area contributed by atoms with E-state index in [1.807, 2.05) is 24.3 Å². The standard InChI is InChI=1S/C23H20N6O2/c1-25-21-19-12-26-20(23(7-8-23)22(24)30)10-18(19)14(11-27-21)3-4-15-9-16-5-6-17(31-2)13-29(16)28-15/h5-6,9-13H,7-8H2,1-2H3,(H2,24,30)(H,25,27). The van der Waals surface area contributed by atoms with Crippen molar-refractivity contribution in [2.75, 3.05) is 19.5 Å². The number of nitrogens with zero attached hydrogens (tertiary/aromatic N) is 4. The number of fused-ring (bicyclic) bond motifs is 2. The number of carbonyl (C=O) groups excluding carboxylic acids is 1. The highest BCUT2D eigenvalue weighted by Gasteiger charge is 2.51. The summed E-state index contributed by atoms with van der Waals surface area (Å²) in [6.45, 7) is 0. The van der Waals surface area contributed by atoms with Crippen LogP contribution in [0.25, 0.3) is 16.3 Å². The molecule has 4 heterocycles. The summed E-state index contributed by atoms with van der Waals surface area (Å²) in [7, 11) is 3.42. The molecule has 4 aromatic rings. The number of carbonyl (C=O) groups is 1. The van der Waals surface area contributed by atoms with Gasteiger partial charge in [-0.1, -0.05) is 5.92 Å². The molecule has 0 aliphatic heterocycles. The second-order valence-electron chi connectivity index (χ2n) is 7.55. The van der Waals surface area contributed by atoms with Gasteiger partial charge < -0.3 is 15.8 Å². The van der Waals surface area contributed by atoms with Gasteiger partial charge in [-0.15, -0.1) is 0 Å². The minimum atomic E-state index is -0.664. The second kappa shape index (κ2) is 6.99. The molecule has 4 aromatic heterocycles. The van der Waals surface area contributed by atoms with Gasteiger partial charge in [0, 0.05) is 30.2 Å². The minimum absolute atomic E-state index is 0.338. The summed E-state index contributed by atoms with van der Waals surface area (Å²) >= 11 is 0. The molecule has 1 saturated carbocycles. The van der Waals surface area contributed by atoms with Crippen molar-refractivity contribution in [2.45, 2.75) is 18.3 Å². The Balaban J connectivity index is 1.61. The van der Waals surface area contributed by atoms with Crippen molar-refractivity contribution in [3.8, 4) is 17.6 Å². The molecule has 0 spiro atoms. The molecule has 0 atom stereocenters. The summed E-state index contributed by atoms with van der Waals surface area (Å²) in [6.07, 6.45) is 6.69. The molecule has 154 valence electrons. The lowest BCUT2D eigenvalue weighted by Crippen LogP contribution is -2.29. The monoisotopic (exact) mass is 412 g/mol. The van der Waals surface area contributed by atoms with Crippen LogP contribution in [0.2, 0.25) is 0 Å². The number of hydrogen-bond donors (Lipinski definition) is 2. The number of nitrogens with one attached hydrogen (secondary N) is 1. The number of pyridine rings is 3. The number of rotatable bonds is 4. The fourth-order valence-electron chi connectivity index (χ4n) is 3.73. The molecule has 0 bridgehead atoms. The van der Waals surface area contributed by atoms with Crippen molar-refractivity contribution in [1.82, 2.24) is 19.6 Å². The number of aromatic nitrogens is 4. The Morgan fingerprint density at radius 2 is 2.03 bits per heavy atom. The van der Waals surface area contributed by atoms with E-state index in [0.29, 0.717) is 17.2 Å². The molecule has 0 aromatic carbocycles. The average molecular weight is 412 g/mol. The minimum Gasteiger partial charge on any atom is -0.495 e. The van der Waals surface area contributed by atoms with Crippen molar-refractivity contribution >= 4 is 28.0 Å². The SMILES string of the molecule is CNc1ncc(C#Cc2cc3ccc(OC)cn3n2)c2cc(C3(C(N)=O)CC3)ncc12. The molecule has 0 saturated heterocycles. The summed E-state index contributed by atoms with van der Waals surface area (Å²) in [4.78, 5) is 21.0. The summed E-state index contributed by atoms with van der Waals surface area (Å²) in [5.74, 6) is 7.38. The highest BCUT2D eigenvalue weighted by molar-refractivity contribution is 5.97. The van der Waals surface area contributed by atoms with Gasteiger partial charge in [-0.3, -0.25) is 9.78 Å². The molecule has 8 nitrogen and oxygen atoms in total. The molecule has 1 aliphatic carbocycles. The molecule has 1 aliphatic rings. The lowest BCUT2D eigenvalue weighted by Gasteiger charge is -2.13. The number of hydrogen-bond acceptors (Lipinski definition) is 6. The Hall–Kier alpha value is -4.12. The fourth-order valence-corrected chi connectivity index (χ4v) is 3.73. The third-order valence-corrected chi connectivity index (χ3v) is 5.71. The second-order valence-corrected chi connectivity index (χ2v) is 7.55. The van der Waals surface area contributed by atoms with Crippen LogP contribution in [-0.4, -0.2) is 39.6 Å². The van der Waals surface area contributed by atoms with Gasteiger partial charge in [-0.05, 0) is 43.0 Å². The van der Waals surface area contributed by atoms with Crippen LogP contribution < -0.4 is 15.8 Å². The van der Waals surface area contributed by atoms with Gasteiger partial charge >= 0.3 is 0 Å². The van der Waals surface area contributed by atoms with Crippen molar-refractivity contribution in [3.63, 3.8) is 0 Å². The summed E-state index contributed by atoms with van der Waals surface area (Å²) in [5.41, 5.74) is 7.94. The average Bonchev–Trinajstić information content (AvgIpc) is 3.51. The van der Waals surface area contributed by atoms with E-state index in [9.17, 15) is 4.79 Å². The number of anilines is 1. The van der Waals surface area contributed by atoms with E-state index in [4.69, 9.17) is 10.5 Å². The van der Waals surface area contributed by atoms with Crippen molar-refractivity contribution < 1.29 is 9.53 Å². The molecule has 0 unspecified atom stereocenters. The maximum absolute atomic E-state index is 12.0. The Bertz CT molecular complexity index is 1410. The van der Waals surface area contributed by atoms with Gasteiger partial charge in [-0.2, -0.15) is 5.10 Å². The van der Waals surface area contributed by atoms with Crippen LogP contribution in [0.3, 0.4) is 0 Å². The molecular formula is C23H20N6O2. The van der Waals surface area contributed by atoms with Crippen LogP contribution in [0.15, 0.2) is 42.9 Å². The Morgan fingerprint density at radius 1 is 1.19 bits per heavy atom. The van der Waals surface area contributed by atoms with Crippen molar-refractivity contribution in [1.29, 1.82) is 0 Å². The van der Waals surface area contributed by atoms with E-state index >= 15 is 0 Å². The normalized spacial score (nSPS) is 14.1. The number of amides is 1. The zero-order valence-corrected chi connectivity index (χ0v) is 17.1. The number of nitrogens with two attached hydrogens (primary N) is 1. The highest BCUT2D eigenvalue weighted by atomic mass is 16.5. The molecular weight excluding hydrogens is 392 g/mol. The van der Waals surface area contributed by atoms with Crippen molar-refractivity contribution in [3.05, 3.63) is 59.8 Å². The van der Waals surface area contributed by atoms with Crippen LogP contribution in [0.4, 0.5) is 5.82 Å². The van der Waals surface area contributed by atoms with Gasteiger partial charge in [0.15, 0.2) is 0 Å². The first kappa shape index (κ1) is 18.9. The first-order valence-electron chi connectivity index (χ1n) is 9.86. The van der Waals surface area contributed by atoms with E-state index < -0.39 is 5.41 Å². The summed E-state index contributed by atoms with van der Waals surface area (Å²) < 4.78 is 6.97. The van der Waals surface area contributed by atoms with Crippen molar-refractivity contribution in [2.24, 2.45) is 5.73 Å². The third-order valence-electron chi connectivity index (χ3n) is 5.71. The number of methoxy groups -OCH3 is 1. The van der Waals surface area contributed by atoms with E-state index in [1.165, 1.54) is 0 Å². The molecule has 8 heteroatoms. The maximum atomic E-state index is 12.0. The molecule has 31 heavy (non-hydrogen) atoms. The summed E-state index contributed by atoms with van der Waals surface area (Å²) in [5, 5.41) is 9.28. The van der Waals surface area contributed by atoms with Gasteiger partial charge in [0.05, 0.1) is 35.5 Å². The first-order valence-corrected chi connectivity index (χ1v) is 9.86. The van der Waals surface area contributed by atoms with Gasteiger partial charge in [0.2, 0.25) is 5.91 Å². The quantitative estimate of drug-likeness (QED) is 0.498. The predicted octanol–water partition coefficient (Wildman–Crippen LogP) is 2.24. The molecule has 0 radical (unpaired) electrons. The smallest absolute Gasteiger partial charge is 0.229 e. The lowest BCUT2D eigenvalue weighted by molar-refractivity contribution is -0.120. The zero-order chi connectivity index (χ0) is 21.6. The van der Waals surface area contributed by atoms with Gasteiger partial charge in [0.1, 0.15) is 17.3 Å². The Labute approximate surface area is 178 Å². The van der Waals surface area contributed by atoms with Gasteiger partial charge in [-0.25, -0.2) is 9.50 Å². The summed E-state index contributed by atoms with van der Waals surface area (Å²) in [6, 6.07) is 7.62. The predicted molar refractivity (Wildman–Crippen MR) is 117 cm³/mol. The van der Waals surface area contributed by atoms with E-state index in [-0.39, 0.29) is 5.91 Å². The van der Waals surface area contributed by atoms with E-state index in [0.717, 1.165) is 40.4 Å². The van der Waals surface area contributed by atoms with E-state index in [2.05, 4.69) is 32.2 Å². The first-order chi connectivity index (χ1) is 15.0. The topological polar surface area (TPSA) is 107 Å². The van der Waals surface area contributed by atoms with Crippen LogP contribution in [-0.2, 0) is 10.2 Å².